The second-order valence-corrected chi connectivity index (χ2v) is 4.06. The zero-order chi connectivity index (χ0) is 12.3. The summed E-state index contributed by atoms with van der Waals surface area (Å²) in [6, 6.07) is 7.50. The molecule has 0 aliphatic carbocycles. The van der Waals surface area contributed by atoms with Gasteiger partial charge in [0.05, 0.1) is 19.4 Å². The Morgan fingerprint density at radius 3 is 3.00 bits per heavy atom. The highest BCUT2D eigenvalue weighted by Gasteiger charge is 2.25. The lowest BCUT2D eigenvalue weighted by Crippen LogP contribution is -2.40. The molecule has 1 heterocycles. The molecular formula is C13H17NO3. The topological polar surface area (TPSA) is 38.8 Å². The van der Waals surface area contributed by atoms with Crippen LogP contribution in [0.1, 0.15) is 13.3 Å². The van der Waals surface area contributed by atoms with Gasteiger partial charge >= 0.3 is 5.97 Å². The molecule has 92 valence electrons. The molecule has 1 aromatic rings. The van der Waals surface area contributed by atoms with Gasteiger partial charge in [-0.05, 0) is 25.5 Å². The van der Waals surface area contributed by atoms with E-state index in [9.17, 15) is 4.79 Å². The van der Waals surface area contributed by atoms with Gasteiger partial charge in [-0.1, -0.05) is 12.1 Å². The second kappa shape index (κ2) is 5.08. The molecule has 1 aliphatic heterocycles. The largest absolute Gasteiger partial charge is 0.491 e. The maximum absolute atomic E-state index is 11.6. The van der Waals surface area contributed by atoms with Crippen LogP contribution < -0.4 is 9.64 Å². The minimum Gasteiger partial charge on any atom is -0.491 e. The predicted molar refractivity (Wildman–Crippen MR) is 65.4 cm³/mol. The number of anilines is 1. The number of hydrogen-bond acceptors (Lipinski definition) is 4. The minimum absolute atomic E-state index is 0.221. The smallest absolute Gasteiger partial charge is 0.328 e. The third-order valence-corrected chi connectivity index (χ3v) is 2.99. The van der Waals surface area contributed by atoms with Crippen molar-refractivity contribution in [2.45, 2.75) is 19.4 Å². The summed E-state index contributed by atoms with van der Waals surface area (Å²) in [5, 5.41) is 0. The van der Waals surface area contributed by atoms with Crippen molar-refractivity contribution in [1.82, 2.24) is 0 Å². The van der Waals surface area contributed by atoms with Gasteiger partial charge in [-0.25, -0.2) is 4.79 Å². The van der Waals surface area contributed by atoms with E-state index in [4.69, 9.17) is 9.47 Å². The van der Waals surface area contributed by atoms with Crippen LogP contribution >= 0.6 is 0 Å². The summed E-state index contributed by atoms with van der Waals surface area (Å²) in [5.41, 5.74) is 0.961. The molecule has 0 saturated carbocycles. The number of nitrogens with zero attached hydrogens (tertiary/aromatic N) is 1. The Morgan fingerprint density at radius 2 is 2.24 bits per heavy atom. The van der Waals surface area contributed by atoms with Crippen LogP contribution in [0.25, 0.3) is 0 Å². The summed E-state index contributed by atoms with van der Waals surface area (Å²) in [4.78, 5) is 13.7. The minimum atomic E-state index is -0.289. The van der Waals surface area contributed by atoms with Crippen LogP contribution in [-0.2, 0) is 9.53 Å². The third kappa shape index (κ3) is 2.35. The van der Waals surface area contributed by atoms with Crippen molar-refractivity contribution in [2.24, 2.45) is 0 Å². The fourth-order valence-corrected chi connectivity index (χ4v) is 2.05. The zero-order valence-electron chi connectivity index (χ0n) is 10.2. The van der Waals surface area contributed by atoms with Crippen LogP contribution in [0.5, 0.6) is 5.75 Å². The van der Waals surface area contributed by atoms with Gasteiger partial charge in [-0.2, -0.15) is 0 Å². The lowest BCUT2D eigenvalue weighted by Gasteiger charge is -2.28. The molecule has 1 aromatic carbocycles. The number of esters is 1. The van der Waals surface area contributed by atoms with Crippen molar-refractivity contribution in [2.75, 3.05) is 25.2 Å². The Labute approximate surface area is 101 Å². The van der Waals surface area contributed by atoms with E-state index in [0.717, 1.165) is 24.4 Å². The zero-order valence-corrected chi connectivity index (χ0v) is 10.2. The van der Waals surface area contributed by atoms with Crippen molar-refractivity contribution in [3.8, 4) is 5.75 Å². The molecule has 0 aromatic heterocycles. The molecule has 0 N–H and O–H groups in total. The van der Waals surface area contributed by atoms with Gasteiger partial charge in [0.15, 0.2) is 0 Å². The van der Waals surface area contributed by atoms with Gasteiger partial charge in [-0.3, -0.25) is 0 Å². The highest BCUT2D eigenvalue weighted by atomic mass is 16.5. The van der Waals surface area contributed by atoms with Gasteiger partial charge in [0, 0.05) is 6.54 Å². The Morgan fingerprint density at radius 1 is 1.47 bits per heavy atom. The Bertz CT molecular complexity index is 405. The summed E-state index contributed by atoms with van der Waals surface area (Å²) in [7, 11) is 1.42. The highest BCUT2D eigenvalue weighted by molar-refractivity contribution is 5.80. The number of fused-ring (bicyclic) bond motifs is 1. The average Bonchev–Trinajstić information content (AvgIpc) is 2.59. The van der Waals surface area contributed by atoms with E-state index in [0.29, 0.717) is 6.61 Å². The summed E-state index contributed by atoms with van der Waals surface area (Å²) >= 11 is 0. The van der Waals surface area contributed by atoms with Gasteiger partial charge in [-0.15, -0.1) is 0 Å². The first-order chi connectivity index (χ1) is 8.24. The Kier molecular flexibility index (Phi) is 3.52. The molecule has 1 unspecified atom stereocenters. The summed E-state index contributed by atoms with van der Waals surface area (Å²) in [6.07, 6.45) is 0.899. The van der Waals surface area contributed by atoms with E-state index in [1.54, 1.807) is 0 Å². The molecule has 0 amide bonds. The van der Waals surface area contributed by atoms with Crippen LogP contribution in [0.4, 0.5) is 5.69 Å². The van der Waals surface area contributed by atoms with E-state index in [1.165, 1.54) is 7.11 Å². The van der Waals surface area contributed by atoms with E-state index in [1.807, 2.05) is 36.1 Å². The molecule has 0 saturated heterocycles. The van der Waals surface area contributed by atoms with Gasteiger partial charge < -0.3 is 14.4 Å². The van der Waals surface area contributed by atoms with Gasteiger partial charge in [0.25, 0.3) is 0 Å². The summed E-state index contributed by atoms with van der Waals surface area (Å²) in [6.45, 7) is 3.34. The molecule has 17 heavy (non-hydrogen) atoms. The number of carbonyl (C=O) groups is 1. The van der Waals surface area contributed by atoms with E-state index in [2.05, 4.69) is 0 Å². The number of ether oxygens (including phenoxy) is 2. The maximum atomic E-state index is 11.6. The highest BCUT2D eigenvalue weighted by Crippen LogP contribution is 2.31. The van der Waals surface area contributed by atoms with Crippen LogP contribution in [-0.4, -0.2) is 32.3 Å². The van der Waals surface area contributed by atoms with Crippen molar-refractivity contribution < 1.29 is 14.3 Å². The van der Waals surface area contributed by atoms with Crippen LogP contribution in [0.3, 0.4) is 0 Å². The van der Waals surface area contributed by atoms with Gasteiger partial charge in [0.1, 0.15) is 11.8 Å². The molecule has 2 rings (SSSR count). The fourth-order valence-electron chi connectivity index (χ4n) is 2.05. The van der Waals surface area contributed by atoms with Crippen LogP contribution in [0, 0.1) is 0 Å². The van der Waals surface area contributed by atoms with Crippen molar-refractivity contribution in [1.29, 1.82) is 0 Å². The van der Waals surface area contributed by atoms with Crippen LogP contribution in [0.15, 0.2) is 24.3 Å². The predicted octanol–water partition coefficient (Wildman–Crippen LogP) is 1.84. The Hall–Kier alpha value is -1.71. The lowest BCUT2D eigenvalue weighted by atomic mass is 10.2. The second-order valence-electron chi connectivity index (χ2n) is 4.06. The fraction of sp³-hybridized carbons (Fsp3) is 0.462. The van der Waals surface area contributed by atoms with Crippen molar-refractivity contribution in [3.05, 3.63) is 24.3 Å². The standard InChI is InChI=1S/C13H17NO3/c1-10(13(15)16-2)14-8-5-9-17-12-7-4-3-6-11(12)14/h3-4,6-7,10H,5,8-9H2,1-2H3. The molecule has 0 fully saturated rings. The number of carbonyl (C=O) groups excluding carboxylic acids is 1. The van der Waals surface area contributed by atoms with E-state index < -0.39 is 0 Å². The normalized spacial score (nSPS) is 16.5. The first-order valence-electron chi connectivity index (χ1n) is 5.80. The third-order valence-electron chi connectivity index (χ3n) is 2.99. The lowest BCUT2D eigenvalue weighted by molar-refractivity contribution is -0.141. The monoisotopic (exact) mass is 235 g/mol. The first-order valence-corrected chi connectivity index (χ1v) is 5.80. The molecule has 0 radical (unpaired) electrons. The average molecular weight is 235 g/mol. The molecule has 0 spiro atoms. The molecule has 1 aliphatic rings. The first kappa shape index (κ1) is 11.8. The number of hydrogen-bond donors (Lipinski definition) is 0. The van der Waals surface area contributed by atoms with Crippen LogP contribution in [0.2, 0.25) is 0 Å². The van der Waals surface area contributed by atoms with Crippen molar-refractivity contribution in [3.63, 3.8) is 0 Å². The SMILES string of the molecule is COC(=O)C(C)N1CCCOc2ccccc21. The molecule has 4 nitrogen and oxygen atoms in total. The maximum Gasteiger partial charge on any atom is 0.328 e. The number of rotatable bonds is 2. The molecule has 4 heteroatoms. The summed E-state index contributed by atoms with van der Waals surface area (Å²) in [5.74, 6) is 0.613. The van der Waals surface area contributed by atoms with Gasteiger partial charge in [0.2, 0.25) is 0 Å². The van der Waals surface area contributed by atoms with Crippen molar-refractivity contribution >= 4 is 11.7 Å². The molecule has 0 bridgehead atoms. The summed E-state index contributed by atoms with van der Waals surface area (Å²) < 4.78 is 10.4. The Balaban J connectivity index is 2.31. The number of benzene rings is 1. The number of methoxy groups -OCH3 is 1. The molecule has 1 atom stereocenters. The van der Waals surface area contributed by atoms with E-state index in [-0.39, 0.29) is 12.0 Å². The van der Waals surface area contributed by atoms with E-state index >= 15 is 0 Å². The quantitative estimate of drug-likeness (QED) is 0.733. The number of para-hydroxylation sites is 2. The molecular weight excluding hydrogens is 218 g/mol.